The van der Waals surface area contributed by atoms with Crippen molar-refractivity contribution >= 4 is 27.9 Å². The van der Waals surface area contributed by atoms with E-state index in [9.17, 15) is 8.42 Å². The van der Waals surface area contributed by atoms with E-state index in [-0.39, 0.29) is 6.04 Å². The molecule has 10 heteroatoms. The summed E-state index contributed by atoms with van der Waals surface area (Å²) in [6.07, 6.45) is 6.05. The fourth-order valence-corrected chi connectivity index (χ4v) is 3.66. The molecular weight excluding hydrogens is 426 g/mol. The number of thiol groups is 1. The summed E-state index contributed by atoms with van der Waals surface area (Å²) in [5.41, 5.74) is 4.42. The topological polar surface area (TPSA) is 115 Å². The Hall–Kier alpha value is -3.37. The van der Waals surface area contributed by atoms with Gasteiger partial charge in [0.2, 0.25) is 10.9 Å². The minimum atomic E-state index is -2.59. The monoisotopic (exact) mass is 451 g/mol. The third-order valence-electron chi connectivity index (χ3n) is 5.04. The van der Waals surface area contributed by atoms with Gasteiger partial charge in [-0.3, -0.25) is 4.98 Å². The van der Waals surface area contributed by atoms with Gasteiger partial charge in [0, 0.05) is 37.1 Å². The van der Waals surface area contributed by atoms with Gasteiger partial charge >= 0.3 is 0 Å². The minimum absolute atomic E-state index is 0.220. The van der Waals surface area contributed by atoms with Gasteiger partial charge in [0.15, 0.2) is 17.3 Å². The van der Waals surface area contributed by atoms with E-state index in [4.69, 9.17) is 9.97 Å². The Balaban J connectivity index is 1.53. The van der Waals surface area contributed by atoms with E-state index >= 15 is 0 Å². The van der Waals surface area contributed by atoms with E-state index < -0.39 is 10.9 Å². The average Bonchev–Trinajstić information content (AvgIpc) is 3.24. The van der Waals surface area contributed by atoms with E-state index in [2.05, 4.69) is 33.9 Å². The Bertz CT molecular complexity index is 1260. The Morgan fingerprint density at radius 2 is 1.84 bits per heavy atom. The van der Waals surface area contributed by atoms with E-state index in [1.54, 1.807) is 18.7 Å². The highest BCUT2D eigenvalue weighted by atomic mass is 32.2. The number of hydrogen-bond donors (Lipinski definition) is 3. The lowest BCUT2D eigenvalue weighted by Gasteiger charge is -2.11. The first kappa shape index (κ1) is 21.8. The van der Waals surface area contributed by atoms with Crippen LogP contribution in [0.25, 0.3) is 22.6 Å². The van der Waals surface area contributed by atoms with Gasteiger partial charge < -0.3 is 9.88 Å². The summed E-state index contributed by atoms with van der Waals surface area (Å²) in [5.74, 6) is 1.29. The second-order valence-corrected chi connectivity index (χ2v) is 8.47. The second kappa shape index (κ2) is 9.84. The molecule has 0 saturated heterocycles. The second-order valence-electron chi connectivity index (χ2n) is 7.64. The molecule has 0 amide bonds. The molecule has 0 spiro atoms. The molecule has 0 aliphatic rings. The van der Waals surface area contributed by atoms with E-state index in [1.165, 1.54) is 0 Å². The van der Waals surface area contributed by atoms with Gasteiger partial charge in [-0.1, -0.05) is 24.3 Å². The lowest BCUT2D eigenvalue weighted by Crippen LogP contribution is -2.11. The molecule has 0 aliphatic heterocycles. The van der Waals surface area contributed by atoms with Crippen molar-refractivity contribution in [3.05, 3.63) is 66.2 Å². The number of nitrogens with zero attached hydrogens (tertiary/aromatic N) is 5. The maximum absolute atomic E-state index is 10.7. The van der Waals surface area contributed by atoms with Crippen molar-refractivity contribution in [3.63, 3.8) is 0 Å². The molecule has 0 atom stereocenters. The summed E-state index contributed by atoms with van der Waals surface area (Å²) in [5, 5.41) is 3.41. The quantitative estimate of drug-likeness (QED) is 0.335. The molecule has 4 rings (SSSR count). The number of nitrogens with one attached hydrogen (secondary N) is 2. The highest BCUT2D eigenvalue weighted by molar-refractivity contribution is 7.70. The standard InChI is InChI=1S/C22H25N7O2S/c1-15(2)29-14-25-19-21(27-20(28-22(19)29)18-4-3-10-23-13-18)24-11-9-16-5-7-17(8-6-16)12-26-32(30)31/h3-8,10,13-15,32H,9,11-12H2,1-2H3,(H,24,27,28)(H,26,30,31). The average molecular weight is 452 g/mol. The number of pyridine rings is 1. The molecule has 0 saturated carbocycles. The molecule has 4 aromatic rings. The predicted molar refractivity (Wildman–Crippen MR) is 125 cm³/mol. The Morgan fingerprint density at radius 1 is 1.06 bits per heavy atom. The zero-order valence-electron chi connectivity index (χ0n) is 17.9. The summed E-state index contributed by atoms with van der Waals surface area (Å²) in [6.45, 7) is 5.14. The minimum Gasteiger partial charge on any atom is -0.368 e. The first-order valence-electron chi connectivity index (χ1n) is 10.4. The van der Waals surface area contributed by atoms with E-state index in [1.807, 2.05) is 41.0 Å². The van der Waals surface area contributed by atoms with Crippen LogP contribution < -0.4 is 10.0 Å². The largest absolute Gasteiger partial charge is 0.368 e. The van der Waals surface area contributed by atoms with Gasteiger partial charge in [-0.25, -0.2) is 28.1 Å². The first-order valence-corrected chi connectivity index (χ1v) is 11.5. The Morgan fingerprint density at radius 3 is 2.53 bits per heavy atom. The van der Waals surface area contributed by atoms with Crippen molar-refractivity contribution in [2.75, 3.05) is 11.9 Å². The molecule has 0 aliphatic carbocycles. The van der Waals surface area contributed by atoms with Gasteiger partial charge in [-0.15, -0.1) is 0 Å². The molecule has 2 N–H and O–H groups in total. The van der Waals surface area contributed by atoms with Crippen LogP contribution in [0.4, 0.5) is 5.82 Å². The van der Waals surface area contributed by atoms with Crippen molar-refractivity contribution in [1.29, 1.82) is 0 Å². The highest BCUT2D eigenvalue weighted by Gasteiger charge is 2.15. The SMILES string of the molecule is CC(C)n1cnc2c(NCCc3ccc(CN[SH](=O)=O)cc3)nc(-c3cccnc3)nc21. The first-order chi connectivity index (χ1) is 15.5. The smallest absolute Gasteiger partial charge is 0.201 e. The number of rotatable bonds is 9. The normalized spacial score (nSPS) is 11.5. The maximum atomic E-state index is 10.7. The number of benzene rings is 1. The van der Waals surface area contributed by atoms with Crippen LogP contribution in [0, 0.1) is 0 Å². The van der Waals surface area contributed by atoms with Gasteiger partial charge in [0.1, 0.15) is 5.52 Å². The molecule has 0 bridgehead atoms. The zero-order valence-corrected chi connectivity index (χ0v) is 18.8. The number of anilines is 1. The van der Waals surface area contributed by atoms with Crippen LogP contribution in [0.3, 0.4) is 0 Å². The van der Waals surface area contributed by atoms with Gasteiger partial charge in [-0.05, 0) is 43.5 Å². The van der Waals surface area contributed by atoms with Crippen LogP contribution in [0.15, 0.2) is 55.1 Å². The number of imidazole rings is 1. The molecule has 1 aromatic carbocycles. The van der Waals surface area contributed by atoms with Crippen LogP contribution in [0.2, 0.25) is 0 Å². The summed E-state index contributed by atoms with van der Waals surface area (Å²) < 4.78 is 25.8. The Labute approximate surface area is 188 Å². The van der Waals surface area contributed by atoms with Gasteiger partial charge in [-0.2, -0.15) is 0 Å². The number of aromatic nitrogens is 5. The van der Waals surface area contributed by atoms with Crippen molar-refractivity contribution in [2.24, 2.45) is 0 Å². The number of hydrogen-bond acceptors (Lipinski definition) is 7. The molecule has 166 valence electrons. The third-order valence-corrected chi connectivity index (χ3v) is 5.46. The fraction of sp³-hybridized carbons (Fsp3) is 0.273. The molecule has 0 unspecified atom stereocenters. The molecule has 32 heavy (non-hydrogen) atoms. The number of fused-ring (bicyclic) bond motifs is 1. The molecular formula is C22H25N7O2S. The fourth-order valence-electron chi connectivity index (χ4n) is 3.35. The van der Waals surface area contributed by atoms with Gasteiger partial charge in [0.25, 0.3) is 0 Å². The predicted octanol–water partition coefficient (Wildman–Crippen LogP) is 2.74. The van der Waals surface area contributed by atoms with Crippen LogP contribution in [0.5, 0.6) is 0 Å². The van der Waals surface area contributed by atoms with Crippen LogP contribution >= 0.6 is 0 Å². The van der Waals surface area contributed by atoms with Gasteiger partial charge in [0.05, 0.1) is 6.33 Å². The molecule has 3 aromatic heterocycles. The van der Waals surface area contributed by atoms with Crippen LogP contribution in [0.1, 0.15) is 31.0 Å². The van der Waals surface area contributed by atoms with E-state index in [0.717, 1.165) is 34.3 Å². The van der Waals surface area contributed by atoms with Crippen LogP contribution in [-0.2, 0) is 23.9 Å². The summed E-state index contributed by atoms with van der Waals surface area (Å²) in [4.78, 5) is 18.2. The molecule has 0 radical (unpaired) electrons. The van der Waals surface area contributed by atoms with Crippen molar-refractivity contribution in [1.82, 2.24) is 29.2 Å². The summed E-state index contributed by atoms with van der Waals surface area (Å²) in [7, 11) is -2.59. The van der Waals surface area contributed by atoms with Crippen molar-refractivity contribution < 1.29 is 8.42 Å². The van der Waals surface area contributed by atoms with Crippen molar-refractivity contribution in [3.8, 4) is 11.4 Å². The Kier molecular flexibility index (Phi) is 6.72. The van der Waals surface area contributed by atoms with Crippen molar-refractivity contribution in [2.45, 2.75) is 32.9 Å². The third kappa shape index (κ3) is 5.09. The van der Waals surface area contributed by atoms with E-state index in [0.29, 0.717) is 24.7 Å². The lowest BCUT2D eigenvalue weighted by molar-refractivity contribution is 0.601. The highest BCUT2D eigenvalue weighted by Crippen LogP contribution is 2.25. The zero-order chi connectivity index (χ0) is 22.5. The summed E-state index contributed by atoms with van der Waals surface area (Å²) >= 11 is 0. The summed E-state index contributed by atoms with van der Waals surface area (Å²) in [6, 6.07) is 11.9. The van der Waals surface area contributed by atoms with Crippen LogP contribution in [-0.4, -0.2) is 39.5 Å². The maximum Gasteiger partial charge on any atom is 0.201 e. The molecule has 3 heterocycles. The molecule has 0 fully saturated rings. The lowest BCUT2D eigenvalue weighted by atomic mass is 10.1. The molecule has 9 nitrogen and oxygen atoms in total.